The summed E-state index contributed by atoms with van der Waals surface area (Å²) in [7, 11) is 0. The highest BCUT2D eigenvalue weighted by Gasteiger charge is 2.26. The van der Waals surface area contributed by atoms with E-state index in [1.165, 1.54) is 0 Å². The zero-order valence-corrected chi connectivity index (χ0v) is 10.8. The van der Waals surface area contributed by atoms with E-state index < -0.39 is 6.17 Å². The van der Waals surface area contributed by atoms with Gasteiger partial charge in [0.15, 0.2) is 0 Å². The maximum atomic E-state index is 14.7. The highest BCUT2D eigenvalue weighted by Crippen LogP contribution is 2.34. The lowest BCUT2D eigenvalue weighted by molar-refractivity contribution is 0.190. The van der Waals surface area contributed by atoms with Crippen LogP contribution in [0.25, 0.3) is 10.8 Å². The molecule has 1 aromatic heterocycles. The Hall–Kier alpha value is -1.48. The predicted octanol–water partition coefficient (Wildman–Crippen LogP) is 3.48. The minimum Gasteiger partial charge on any atom is -0.330 e. The van der Waals surface area contributed by atoms with Crippen molar-refractivity contribution in [1.29, 1.82) is 0 Å². The average molecular weight is 246 g/mol. The quantitative estimate of drug-likeness (QED) is 0.897. The fraction of sp³-hybridized carbons (Fsp3) is 0.400. The molecule has 2 nitrogen and oxygen atoms in total. The SMILES string of the molecule is CC(C)C(CN)C(F)c1cncc2ccccc12. The smallest absolute Gasteiger partial charge is 0.131 e. The fourth-order valence-electron chi connectivity index (χ4n) is 2.32. The first kappa shape index (κ1) is 13.0. The monoisotopic (exact) mass is 246 g/mol. The van der Waals surface area contributed by atoms with Crippen LogP contribution in [0.2, 0.25) is 0 Å². The van der Waals surface area contributed by atoms with Crippen molar-refractivity contribution in [3.8, 4) is 0 Å². The molecule has 1 aromatic carbocycles. The van der Waals surface area contributed by atoms with Crippen molar-refractivity contribution < 1.29 is 4.39 Å². The molecule has 0 aliphatic carbocycles. The molecule has 2 N–H and O–H groups in total. The summed E-state index contributed by atoms with van der Waals surface area (Å²) in [6.45, 7) is 4.35. The second kappa shape index (κ2) is 5.44. The van der Waals surface area contributed by atoms with Crippen LogP contribution >= 0.6 is 0 Å². The van der Waals surface area contributed by atoms with Crippen molar-refractivity contribution in [2.24, 2.45) is 17.6 Å². The van der Waals surface area contributed by atoms with E-state index in [1.54, 1.807) is 12.4 Å². The van der Waals surface area contributed by atoms with Gasteiger partial charge in [0.05, 0.1) is 0 Å². The number of hydrogen-bond acceptors (Lipinski definition) is 2. The van der Waals surface area contributed by atoms with Crippen LogP contribution in [-0.4, -0.2) is 11.5 Å². The first-order valence-corrected chi connectivity index (χ1v) is 6.32. The van der Waals surface area contributed by atoms with Gasteiger partial charge >= 0.3 is 0 Å². The second-order valence-electron chi connectivity index (χ2n) is 5.00. The Morgan fingerprint density at radius 2 is 1.94 bits per heavy atom. The van der Waals surface area contributed by atoms with Gasteiger partial charge in [0.2, 0.25) is 0 Å². The Morgan fingerprint density at radius 3 is 2.61 bits per heavy atom. The van der Waals surface area contributed by atoms with Crippen LogP contribution < -0.4 is 5.73 Å². The summed E-state index contributed by atoms with van der Waals surface area (Å²) in [5.41, 5.74) is 6.35. The van der Waals surface area contributed by atoms with Crippen molar-refractivity contribution in [2.75, 3.05) is 6.54 Å². The molecule has 0 aliphatic heterocycles. The second-order valence-corrected chi connectivity index (χ2v) is 5.00. The minimum absolute atomic E-state index is 0.169. The van der Waals surface area contributed by atoms with E-state index in [4.69, 9.17) is 5.73 Å². The van der Waals surface area contributed by atoms with Gasteiger partial charge in [-0.15, -0.1) is 0 Å². The van der Waals surface area contributed by atoms with Crippen molar-refractivity contribution in [3.63, 3.8) is 0 Å². The molecular weight excluding hydrogens is 227 g/mol. The van der Waals surface area contributed by atoms with E-state index >= 15 is 0 Å². The van der Waals surface area contributed by atoms with Gasteiger partial charge < -0.3 is 5.73 Å². The largest absolute Gasteiger partial charge is 0.330 e. The van der Waals surface area contributed by atoms with Gasteiger partial charge in [-0.2, -0.15) is 0 Å². The van der Waals surface area contributed by atoms with Crippen LogP contribution in [0.15, 0.2) is 36.7 Å². The molecule has 2 aromatic rings. The lowest BCUT2D eigenvalue weighted by Crippen LogP contribution is -2.24. The number of aromatic nitrogens is 1. The molecule has 0 radical (unpaired) electrons. The molecule has 2 unspecified atom stereocenters. The molecule has 0 bridgehead atoms. The van der Waals surface area contributed by atoms with E-state index in [0.717, 1.165) is 10.8 Å². The molecule has 0 amide bonds. The first-order chi connectivity index (χ1) is 8.65. The molecule has 2 rings (SSSR count). The summed E-state index contributed by atoms with van der Waals surface area (Å²) in [6, 6.07) is 7.74. The Bertz CT molecular complexity index is 519. The van der Waals surface area contributed by atoms with E-state index in [-0.39, 0.29) is 11.8 Å². The fourth-order valence-corrected chi connectivity index (χ4v) is 2.32. The Balaban J connectivity index is 2.47. The molecule has 0 saturated carbocycles. The van der Waals surface area contributed by atoms with E-state index in [9.17, 15) is 4.39 Å². The van der Waals surface area contributed by atoms with Crippen molar-refractivity contribution in [1.82, 2.24) is 4.98 Å². The molecule has 0 spiro atoms. The highest BCUT2D eigenvalue weighted by molar-refractivity contribution is 5.84. The van der Waals surface area contributed by atoms with Gasteiger partial charge in [0.1, 0.15) is 6.17 Å². The Labute approximate surface area is 107 Å². The Kier molecular flexibility index (Phi) is 3.92. The normalized spacial score (nSPS) is 14.9. The van der Waals surface area contributed by atoms with E-state index in [2.05, 4.69) is 4.98 Å². The van der Waals surface area contributed by atoms with Crippen LogP contribution in [0.3, 0.4) is 0 Å². The van der Waals surface area contributed by atoms with Gasteiger partial charge in [-0.3, -0.25) is 4.98 Å². The number of benzene rings is 1. The number of pyridine rings is 1. The van der Waals surface area contributed by atoms with Crippen molar-refractivity contribution >= 4 is 10.8 Å². The van der Waals surface area contributed by atoms with Gasteiger partial charge in [-0.05, 0) is 17.8 Å². The molecule has 0 saturated heterocycles. The maximum absolute atomic E-state index is 14.7. The first-order valence-electron chi connectivity index (χ1n) is 6.32. The van der Waals surface area contributed by atoms with Crippen LogP contribution in [0.4, 0.5) is 4.39 Å². The number of fused-ring (bicyclic) bond motifs is 1. The molecule has 96 valence electrons. The third-order valence-corrected chi connectivity index (χ3v) is 3.50. The third kappa shape index (κ3) is 2.36. The third-order valence-electron chi connectivity index (χ3n) is 3.50. The summed E-state index contributed by atoms with van der Waals surface area (Å²) in [4.78, 5) is 4.13. The summed E-state index contributed by atoms with van der Waals surface area (Å²) in [5, 5.41) is 1.90. The summed E-state index contributed by atoms with van der Waals surface area (Å²) in [6.07, 6.45) is 2.32. The van der Waals surface area contributed by atoms with Crippen LogP contribution in [-0.2, 0) is 0 Å². The summed E-state index contributed by atoms with van der Waals surface area (Å²) in [5.74, 6) is 0.0431. The zero-order chi connectivity index (χ0) is 13.1. The molecule has 2 atom stereocenters. The maximum Gasteiger partial charge on any atom is 0.131 e. The molecule has 1 heterocycles. The molecule has 0 fully saturated rings. The van der Waals surface area contributed by atoms with E-state index in [1.807, 2.05) is 38.1 Å². The van der Waals surface area contributed by atoms with Gasteiger partial charge in [0, 0.05) is 29.3 Å². The summed E-state index contributed by atoms with van der Waals surface area (Å²) >= 11 is 0. The van der Waals surface area contributed by atoms with Gasteiger partial charge in [0.25, 0.3) is 0 Å². The number of nitrogens with zero attached hydrogens (tertiary/aromatic N) is 1. The summed E-state index contributed by atoms with van der Waals surface area (Å²) < 4.78 is 14.7. The molecular formula is C15H19FN2. The van der Waals surface area contributed by atoms with Crippen molar-refractivity contribution in [2.45, 2.75) is 20.0 Å². The lowest BCUT2D eigenvalue weighted by atomic mass is 9.86. The van der Waals surface area contributed by atoms with Crippen LogP contribution in [0, 0.1) is 11.8 Å². The zero-order valence-electron chi connectivity index (χ0n) is 10.8. The van der Waals surface area contributed by atoms with Crippen LogP contribution in [0.1, 0.15) is 25.6 Å². The number of hydrogen-bond donors (Lipinski definition) is 1. The average Bonchev–Trinajstić information content (AvgIpc) is 2.38. The van der Waals surface area contributed by atoms with Gasteiger partial charge in [-0.1, -0.05) is 38.1 Å². The lowest BCUT2D eigenvalue weighted by Gasteiger charge is -2.24. The highest BCUT2D eigenvalue weighted by atomic mass is 19.1. The Morgan fingerprint density at radius 1 is 1.22 bits per heavy atom. The van der Waals surface area contributed by atoms with Crippen LogP contribution in [0.5, 0.6) is 0 Å². The molecule has 3 heteroatoms. The molecule has 18 heavy (non-hydrogen) atoms. The van der Waals surface area contributed by atoms with E-state index in [0.29, 0.717) is 12.1 Å². The standard InChI is InChI=1S/C15H19FN2/c1-10(2)13(7-17)15(16)14-9-18-8-11-5-3-4-6-12(11)14/h3-6,8-10,13,15H,7,17H2,1-2H3. The predicted molar refractivity (Wildman–Crippen MR) is 73.0 cm³/mol. The van der Waals surface area contributed by atoms with Gasteiger partial charge in [-0.25, -0.2) is 4.39 Å². The topological polar surface area (TPSA) is 38.9 Å². The molecule has 0 aliphatic rings. The number of rotatable bonds is 4. The minimum atomic E-state index is -1.06. The number of nitrogens with two attached hydrogens (primary N) is 1. The van der Waals surface area contributed by atoms with Crippen molar-refractivity contribution in [3.05, 3.63) is 42.2 Å². The number of alkyl halides is 1. The number of halogens is 1.